The molecule has 0 aliphatic heterocycles. The molecule has 0 fully saturated rings. The van der Waals surface area contributed by atoms with Gasteiger partial charge in [-0.15, -0.1) is 0 Å². The second-order valence-corrected chi connectivity index (χ2v) is 4.21. The predicted molar refractivity (Wildman–Crippen MR) is 70.1 cm³/mol. The SMILES string of the molecule is COc1ccc(C/C=C/C(Cl)=C(C)C)cc1. The molecule has 0 spiro atoms. The minimum atomic E-state index is 0.813. The van der Waals surface area contributed by atoms with Crippen LogP contribution in [0.25, 0.3) is 0 Å². The van der Waals surface area contributed by atoms with Crippen LogP contribution in [0.3, 0.4) is 0 Å². The maximum atomic E-state index is 6.00. The fourth-order valence-electron chi connectivity index (χ4n) is 1.23. The maximum Gasteiger partial charge on any atom is 0.118 e. The highest BCUT2D eigenvalue weighted by atomic mass is 35.5. The van der Waals surface area contributed by atoms with E-state index in [1.807, 2.05) is 32.1 Å². The van der Waals surface area contributed by atoms with Gasteiger partial charge in [0.25, 0.3) is 0 Å². The van der Waals surface area contributed by atoms with Crippen LogP contribution >= 0.6 is 11.6 Å². The molecule has 1 rings (SSSR count). The summed E-state index contributed by atoms with van der Waals surface area (Å²) in [6.45, 7) is 4.00. The summed E-state index contributed by atoms with van der Waals surface area (Å²) >= 11 is 6.00. The molecule has 0 unspecified atom stereocenters. The van der Waals surface area contributed by atoms with Crippen molar-refractivity contribution >= 4 is 11.6 Å². The van der Waals surface area contributed by atoms with E-state index in [1.165, 1.54) is 5.56 Å². The van der Waals surface area contributed by atoms with Crippen LogP contribution in [0.1, 0.15) is 19.4 Å². The molecule has 1 aromatic rings. The Morgan fingerprint density at radius 3 is 2.38 bits per heavy atom. The van der Waals surface area contributed by atoms with Crippen molar-refractivity contribution in [3.63, 3.8) is 0 Å². The van der Waals surface area contributed by atoms with Crippen LogP contribution in [0.5, 0.6) is 5.75 Å². The molecule has 0 bridgehead atoms. The smallest absolute Gasteiger partial charge is 0.118 e. The average Bonchev–Trinajstić information content (AvgIpc) is 2.29. The van der Waals surface area contributed by atoms with E-state index in [9.17, 15) is 0 Å². The van der Waals surface area contributed by atoms with E-state index >= 15 is 0 Å². The van der Waals surface area contributed by atoms with Gasteiger partial charge in [0.1, 0.15) is 5.75 Å². The molecule has 0 heterocycles. The van der Waals surface area contributed by atoms with Gasteiger partial charge in [-0.2, -0.15) is 0 Å². The van der Waals surface area contributed by atoms with Crippen LogP contribution in [-0.4, -0.2) is 7.11 Å². The number of allylic oxidation sites excluding steroid dienone is 4. The molecule has 86 valence electrons. The summed E-state index contributed by atoms with van der Waals surface area (Å²) < 4.78 is 5.10. The third kappa shape index (κ3) is 4.11. The molecule has 0 aliphatic carbocycles. The summed E-state index contributed by atoms with van der Waals surface area (Å²) in [7, 11) is 1.67. The Hall–Kier alpha value is -1.21. The summed E-state index contributed by atoms with van der Waals surface area (Å²) in [6, 6.07) is 8.04. The first-order valence-corrected chi connectivity index (χ1v) is 5.63. The fourth-order valence-corrected chi connectivity index (χ4v) is 1.32. The van der Waals surface area contributed by atoms with E-state index in [1.54, 1.807) is 7.11 Å². The van der Waals surface area contributed by atoms with Crippen LogP contribution in [0, 0.1) is 0 Å². The quantitative estimate of drug-likeness (QED) is 0.708. The van der Waals surface area contributed by atoms with Gasteiger partial charge in [-0.25, -0.2) is 0 Å². The third-order valence-electron chi connectivity index (χ3n) is 2.25. The fraction of sp³-hybridized carbons (Fsp3) is 0.286. The van der Waals surface area contributed by atoms with Gasteiger partial charge < -0.3 is 4.74 Å². The largest absolute Gasteiger partial charge is 0.497 e. The van der Waals surface area contributed by atoms with E-state index in [0.717, 1.165) is 22.8 Å². The van der Waals surface area contributed by atoms with Gasteiger partial charge in [0.2, 0.25) is 0 Å². The molecule has 0 saturated carbocycles. The Morgan fingerprint density at radius 2 is 1.88 bits per heavy atom. The zero-order valence-corrected chi connectivity index (χ0v) is 10.7. The van der Waals surface area contributed by atoms with Gasteiger partial charge in [-0.05, 0) is 44.0 Å². The van der Waals surface area contributed by atoms with E-state index < -0.39 is 0 Å². The van der Waals surface area contributed by atoms with Crippen molar-refractivity contribution < 1.29 is 4.74 Å². The molecule has 0 radical (unpaired) electrons. The number of benzene rings is 1. The van der Waals surface area contributed by atoms with Crippen molar-refractivity contribution in [1.29, 1.82) is 0 Å². The number of rotatable bonds is 4. The highest BCUT2D eigenvalue weighted by Gasteiger charge is 1.92. The highest BCUT2D eigenvalue weighted by Crippen LogP contribution is 2.13. The molecule has 0 saturated heterocycles. The van der Waals surface area contributed by atoms with Gasteiger partial charge in [-0.1, -0.05) is 35.4 Å². The van der Waals surface area contributed by atoms with Gasteiger partial charge >= 0.3 is 0 Å². The number of halogens is 1. The van der Waals surface area contributed by atoms with Crippen molar-refractivity contribution in [1.82, 2.24) is 0 Å². The Bertz CT molecular complexity index is 384. The van der Waals surface area contributed by atoms with Crippen molar-refractivity contribution in [3.8, 4) is 5.75 Å². The van der Waals surface area contributed by atoms with Gasteiger partial charge in [0, 0.05) is 5.03 Å². The summed E-state index contributed by atoms with van der Waals surface area (Å²) in [5.74, 6) is 0.884. The van der Waals surface area contributed by atoms with Gasteiger partial charge in [0.05, 0.1) is 7.11 Å². The van der Waals surface area contributed by atoms with Crippen LogP contribution in [0.2, 0.25) is 0 Å². The lowest BCUT2D eigenvalue weighted by Gasteiger charge is -2.00. The van der Waals surface area contributed by atoms with Crippen molar-refractivity contribution in [3.05, 3.63) is 52.6 Å². The molecule has 1 aromatic carbocycles. The number of methoxy groups -OCH3 is 1. The predicted octanol–water partition coefficient (Wildman–Crippen LogP) is 4.33. The molecule has 0 aliphatic rings. The normalized spacial score (nSPS) is 10.5. The Kier molecular flexibility index (Phi) is 5.13. The number of hydrogen-bond donors (Lipinski definition) is 0. The first kappa shape index (κ1) is 12.9. The summed E-state index contributed by atoms with van der Waals surface area (Å²) in [5, 5.41) is 0.813. The molecule has 0 aromatic heterocycles. The van der Waals surface area contributed by atoms with Crippen LogP contribution < -0.4 is 4.74 Å². The number of hydrogen-bond acceptors (Lipinski definition) is 1. The van der Waals surface area contributed by atoms with Crippen LogP contribution in [0.15, 0.2) is 47.0 Å². The van der Waals surface area contributed by atoms with Gasteiger partial charge in [-0.3, -0.25) is 0 Å². The molecule has 1 nitrogen and oxygen atoms in total. The maximum absolute atomic E-state index is 6.00. The zero-order valence-electron chi connectivity index (χ0n) is 9.96. The molecule has 0 N–H and O–H groups in total. The van der Waals surface area contributed by atoms with E-state index in [-0.39, 0.29) is 0 Å². The molecule has 2 heteroatoms. The van der Waals surface area contributed by atoms with Crippen LogP contribution in [0.4, 0.5) is 0 Å². The Morgan fingerprint density at radius 1 is 1.25 bits per heavy atom. The molecule has 16 heavy (non-hydrogen) atoms. The lowest BCUT2D eigenvalue weighted by molar-refractivity contribution is 0.414. The van der Waals surface area contributed by atoms with Crippen molar-refractivity contribution in [2.75, 3.05) is 7.11 Å². The topological polar surface area (TPSA) is 9.23 Å². The van der Waals surface area contributed by atoms with Crippen molar-refractivity contribution in [2.45, 2.75) is 20.3 Å². The average molecular weight is 237 g/mol. The summed E-state index contributed by atoms with van der Waals surface area (Å²) in [6.07, 6.45) is 4.89. The van der Waals surface area contributed by atoms with Gasteiger partial charge in [0.15, 0.2) is 0 Å². The monoisotopic (exact) mass is 236 g/mol. The first-order valence-electron chi connectivity index (χ1n) is 5.26. The standard InChI is InChI=1S/C14H17ClO/c1-11(2)14(15)6-4-5-12-7-9-13(16-3)10-8-12/h4,6-10H,5H2,1-3H3/b6-4+. The van der Waals surface area contributed by atoms with Crippen LogP contribution in [-0.2, 0) is 6.42 Å². The second kappa shape index (κ2) is 6.39. The first-order chi connectivity index (χ1) is 7.63. The molecular weight excluding hydrogens is 220 g/mol. The third-order valence-corrected chi connectivity index (χ3v) is 2.76. The second-order valence-electron chi connectivity index (χ2n) is 3.80. The highest BCUT2D eigenvalue weighted by molar-refractivity contribution is 6.31. The summed E-state index contributed by atoms with van der Waals surface area (Å²) in [4.78, 5) is 0. The Balaban J connectivity index is 2.58. The zero-order chi connectivity index (χ0) is 12.0. The molecular formula is C14H17ClO. The molecule has 0 atom stereocenters. The van der Waals surface area contributed by atoms with E-state index in [2.05, 4.69) is 18.2 Å². The number of ether oxygens (including phenoxy) is 1. The Labute approximate surface area is 102 Å². The van der Waals surface area contributed by atoms with E-state index in [0.29, 0.717) is 0 Å². The minimum Gasteiger partial charge on any atom is -0.497 e. The van der Waals surface area contributed by atoms with E-state index in [4.69, 9.17) is 16.3 Å². The minimum absolute atomic E-state index is 0.813. The molecule has 0 amide bonds. The van der Waals surface area contributed by atoms with Crippen molar-refractivity contribution in [2.24, 2.45) is 0 Å². The summed E-state index contributed by atoms with van der Waals surface area (Å²) in [5.41, 5.74) is 2.38. The lowest BCUT2D eigenvalue weighted by atomic mass is 10.1. The lowest BCUT2D eigenvalue weighted by Crippen LogP contribution is -1.84.